The molecule has 0 radical (unpaired) electrons. The second-order valence-corrected chi connectivity index (χ2v) is 9.28. The third-order valence-electron chi connectivity index (χ3n) is 6.52. The Hall–Kier alpha value is -0.477. The zero-order valence-corrected chi connectivity index (χ0v) is 24.2. The normalized spacial score (nSPS) is 10.9. The Balaban J connectivity index is -0.00000420. The number of hydrogen-bond acceptors (Lipinski definition) is 2. The molecule has 0 aliphatic carbocycles. The van der Waals surface area contributed by atoms with Gasteiger partial charge in [0.25, 0.3) is 0 Å². The van der Waals surface area contributed by atoms with Crippen molar-refractivity contribution in [2.75, 3.05) is 0 Å². The van der Waals surface area contributed by atoms with Crippen molar-refractivity contribution in [2.45, 2.75) is 149 Å². The number of rotatable bonds is 23. The van der Waals surface area contributed by atoms with Gasteiger partial charge in [0.05, 0.1) is 5.41 Å². The first-order valence-electron chi connectivity index (χ1n) is 12.9. The molecule has 0 saturated carbocycles. The van der Waals surface area contributed by atoms with Crippen LogP contribution in [0.15, 0.2) is 0 Å². The van der Waals surface area contributed by atoms with Crippen LogP contribution in [0, 0.1) is 5.41 Å². The molecule has 0 aliphatic heterocycles. The zero-order valence-electron chi connectivity index (χ0n) is 21.3. The Morgan fingerprint density at radius 2 is 0.875 bits per heavy atom. The van der Waals surface area contributed by atoms with Gasteiger partial charge in [-0.05, 0) is 25.7 Å². The molecule has 6 heteroatoms. The van der Waals surface area contributed by atoms with Crippen LogP contribution in [0.25, 0.3) is 0 Å². The van der Waals surface area contributed by atoms with Gasteiger partial charge in [0.15, 0.2) is 0 Å². The van der Waals surface area contributed by atoms with Crippen molar-refractivity contribution in [3.05, 3.63) is 0 Å². The minimum atomic E-state index is -0.724. The van der Waals surface area contributed by atoms with Crippen molar-refractivity contribution in [2.24, 2.45) is 5.41 Å². The van der Waals surface area contributed by atoms with E-state index in [-0.39, 0.29) is 31.4 Å². The molecule has 0 atom stereocenters. The quantitative estimate of drug-likeness (QED) is 0.109. The molecule has 0 unspecified atom stereocenters. The summed E-state index contributed by atoms with van der Waals surface area (Å²) in [6, 6.07) is 0. The van der Waals surface area contributed by atoms with Gasteiger partial charge >= 0.3 is 11.9 Å². The number of unbranched alkanes of at least 4 members (excludes halogenated alkanes) is 14. The summed E-state index contributed by atoms with van der Waals surface area (Å²) < 4.78 is 0. The van der Waals surface area contributed by atoms with Crippen molar-refractivity contribution in [3.8, 4) is 0 Å². The van der Waals surface area contributed by atoms with Crippen LogP contribution in [0.2, 0.25) is 0 Å². The average molecular weight is 510 g/mol. The maximum atomic E-state index is 12.3. The van der Waals surface area contributed by atoms with Gasteiger partial charge in [-0.3, -0.25) is 9.59 Å². The molecule has 0 saturated heterocycles. The average Bonchev–Trinajstić information content (AvgIpc) is 2.71. The molecule has 0 aromatic rings. The maximum absolute atomic E-state index is 12.3. The minimum Gasteiger partial charge on any atom is -0.481 e. The molecule has 4 N–H and O–H groups in total. The molecule has 0 aliphatic rings. The fourth-order valence-electron chi connectivity index (χ4n) is 4.45. The van der Waals surface area contributed by atoms with E-state index in [9.17, 15) is 14.7 Å². The molecule has 0 aromatic heterocycles. The fourth-order valence-corrected chi connectivity index (χ4v) is 4.45. The molecule has 0 fully saturated rings. The van der Waals surface area contributed by atoms with Crippen molar-refractivity contribution in [3.63, 3.8) is 0 Å². The standard InChI is InChI=1S/C26H50O4.H2O.Zn/c1-3-5-7-9-13-17-21-26(25(29)30,22-18-14-10-8-6-4-2)23-19-15-11-12-16-20-24(27)28;;/h3-23H2,1-2H3,(H,27,28)(H,29,30);1H2;. The van der Waals surface area contributed by atoms with E-state index in [1.54, 1.807) is 0 Å². The first kappa shape index (κ1) is 36.1. The van der Waals surface area contributed by atoms with Crippen LogP contribution in [0.1, 0.15) is 149 Å². The summed E-state index contributed by atoms with van der Waals surface area (Å²) in [7, 11) is 0. The summed E-state index contributed by atoms with van der Waals surface area (Å²) in [6.45, 7) is 4.44. The predicted molar refractivity (Wildman–Crippen MR) is 130 cm³/mol. The number of carboxylic acid groups (broad SMARTS) is 2. The molecule has 0 spiro atoms. The van der Waals surface area contributed by atoms with Crippen molar-refractivity contribution >= 4 is 11.9 Å². The van der Waals surface area contributed by atoms with Crippen LogP contribution in [-0.4, -0.2) is 27.6 Å². The van der Waals surface area contributed by atoms with Gasteiger partial charge in [-0.1, -0.05) is 117 Å². The van der Waals surface area contributed by atoms with E-state index >= 15 is 0 Å². The van der Waals surface area contributed by atoms with Crippen molar-refractivity contribution < 1.29 is 44.8 Å². The Bertz CT molecular complexity index is 412. The van der Waals surface area contributed by atoms with E-state index in [2.05, 4.69) is 13.8 Å². The first-order chi connectivity index (χ1) is 14.5. The maximum Gasteiger partial charge on any atom is 0.309 e. The fraction of sp³-hybridized carbons (Fsp3) is 0.923. The largest absolute Gasteiger partial charge is 0.481 e. The number of hydrogen-bond donors (Lipinski definition) is 2. The van der Waals surface area contributed by atoms with Gasteiger partial charge < -0.3 is 15.7 Å². The van der Waals surface area contributed by atoms with E-state index in [0.717, 1.165) is 77.0 Å². The Kier molecular flexibility index (Phi) is 28.4. The molecule has 5 nitrogen and oxygen atoms in total. The molecular formula is C26H52O5Zn. The summed E-state index contributed by atoms with van der Waals surface area (Å²) in [5.74, 6) is -1.31. The van der Waals surface area contributed by atoms with Gasteiger partial charge in [-0.2, -0.15) is 0 Å². The third-order valence-corrected chi connectivity index (χ3v) is 6.52. The molecule has 0 aromatic carbocycles. The van der Waals surface area contributed by atoms with E-state index in [4.69, 9.17) is 5.11 Å². The minimum absolute atomic E-state index is 0. The number of aliphatic carboxylic acids is 2. The predicted octanol–water partition coefficient (Wildman–Crippen LogP) is 7.55. The van der Waals surface area contributed by atoms with Crippen LogP contribution < -0.4 is 0 Å². The molecule has 0 amide bonds. The second-order valence-electron chi connectivity index (χ2n) is 9.28. The van der Waals surface area contributed by atoms with Gasteiger partial charge in [0, 0.05) is 25.9 Å². The first-order valence-corrected chi connectivity index (χ1v) is 12.9. The topological polar surface area (TPSA) is 106 Å². The van der Waals surface area contributed by atoms with Gasteiger partial charge in [-0.25, -0.2) is 0 Å². The van der Waals surface area contributed by atoms with Crippen LogP contribution in [-0.2, 0) is 29.1 Å². The number of carbonyl (C=O) groups is 2. The molecule has 0 heterocycles. The summed E-state index contributed by atoms with van der Waals surface area (Å²) >= 11 is 0. The molecule has 188 valence electrons. The van der Waals surface area contributed by atoms with Gasteiger partial charge in [0.1, 0.15) is 0 Å². The monoisotopic (exact) mass is 508 g/mol. The summed E-state index contributed by atoms with van der Waals surface area (Å²) in [5, 5.41) is 18.9. The van der Waals surface area contributed by atoms with Gasteiger partial charge in [-0.15, -0.1) is 0 Å². The van der Waals surface area contributed by atoms with E-state index in [0.29, 0.717) is 0 Å². The molecule has 0 bridgehead atoms. The summed E-state index contributed by atoms with van der Waals surface area (Å²) in [5.41, 5.74) is -0.545. The Labute approximate surface area is 210 Å². The van der Waals surface area contributed by atoms with Crippen molar-refractivity contribution in [1.82, 2.24) is 0 Å². The smallest absolute Gasteiger partial charge is 0.309 e. The van der Waals surface area contributed by atoms with Crippen LogP contribution in [0.3, 0.4) is 0 Å². The molecule has 0 rings (SSSR count). The summed E-state index contributed by atoms with van der Waals surface area (Å²) in [6.07, 6.45) is 21.7. The van der Waals surface area contributed by atoms with Crippen LogP contribution in [0.5, 0.6) is 0 Å². The molecule has 32 heavy (non-hydrogen) atoms. The van der Waals surface area contributed by atoms with E-state index in [1.807, 2.05) is 0 Å². The van der Waals surface area contributed by atoms with E-state index in [1.165, 1.54) is 51.4 Å². The van der Waals surface area contributed by atoms with Gasteiger partial charge in [0.2, 0.25) is 0 Å². The van der Waals surface area contributed by atoms with E-state index < -0.39 is 17.4 Å². The van der Waals surface area contributed by atoms with Crippen LogP contribution in [0.4, 0.5) is 0 Å². The Morgan fingerprint density at radius 1 is 0.562 bits per heavy atom. The second kappa shape index (κ2) is 25.2. The van der Waals surface area contributed by atoms with Crippen LogP contribution >= 0.6 is 0 Å². The number of carboxylic acids is 2. The molecular weight excluding hydrogens is 458 g/mol. The third kappa shape index (κ3) is 20.2. The Morgan fingerprint density at radius 3 is 1.19 bits per heavy atom. The van der Waals surface area contributed by atoms with Crippen molar-refractivity contribution in [1.29, 1.82) is 0 Å². The SMILES string of the molecule is CCCCCCCCC(CCCCCCCC)(CCCCCCCC(=O)O)C(=O)O.O.[Zn]. The summed E-state index contributed by atoms with van der Waals surface area (Å²) in [4.78, 5) is 22.9. The zero-order chi connectivity index (χ0) is 22.5.